The van der Waals surface area contributed by atoms with Gasteiger partial charge in [0.05, 0.1) is 12.1 Å². The van der Waals surface area contributed by atoms with Gasteiger partial charge in [0.1, 0.15) is 0 Å². The van der Waals surface area contributed by atoms with Crippen LogP contribution in [0.4, 0.5) is 0 Å². The average molecular weight is 371 g/mol. The standard InChI is InChI=1S/C21H29N3O3/c1-12(2)11-24-16(6)18(15(5)23-24)10-19(25)22-20(21(26)27)17-8-13(3)7-14(4)9-17/h7-9,12,20H,10-11H2,1-6H3,(H,22,25)(H,26,27). The summed E-state index contributed by atoms with van der Waals surface area (Å²) in [4.78, 5) is 24.3. The third-order valence-corrected chi connectivity index (χ3v) is 4.54. The zero-order valence-corrected chi connectivity index (χ0v) is 17.0. The molecule has 0 saturated heterocycles. The number of nitrogens with one attached hydrogen (secondary N) is 1. The van der Waals surface area contributed by atoms with Gasteiger partial charge in [0.15, 0.2) is 6.04 Å². The number of hydrogen-bond acceptors (Lipinski definition) is 3. The summed E-state index contributed by atoms with van der Waals surface area (Å²) in [5, 5.41) is 16.8. The van der Waals surface area contributed by atoms with E-state index >= 15 is 0 Å². The van der Waals surface area contributed by atoms with Crippen molar-refractivity contribution in [3.05, 3.63) is 51.8 Å². The number of carboxylic acids is 1. The van der Waals surface area contributed by atoms with Crippen molar-refractivity contribution in [2.75, 3.05) is 0 Å². The Kier molecular flexibility index (Phi) is 6.41. The normalized spacial score (nSPS) is 12.3. The van der Waals surface area contributed by atoms with Crippen molar-refractivity contribution in [2.24, 2.45) is 5.92 Å². The number of aryl methyl sites for hydroxylation is 3. The van der Waals surface area contributed by atoms with Gasteiger partial charge in [-0.3, -0.25) is 9.48 Å². The second-order valence-electron chi connectivity index (χ2n) is 7.66. The van der Waals surface area contributed by atoms with Gasteiger partial charge in [-0.2, -0.15) is 5.10 Å². The lowest BCUT2D eigenvalue weighted by atomic mass is 10.0. The fourth-order valence-corrected chi connectivity index (χ4v) is 3.35. The number of carboxylic acid groups (broad SMARTS) is 1. The Balaban J connectivity index is 2.20. The van der Waals surface area contributed by atoms with E-state index in [0.29, 0.717) is 11.5 Å². The molecule has 0 fully saturated rings. The lowest BCUT2D eigenvalue weighted by Crippen LogP contribution is -2.35. The first-order valence-corrected chi connectivity index (χ1v) is 9.21. The second-order valence-corrected chi connectivity index (χ2v) is 7.66. The fourth-order valence-electron chi connectivity index (χ4n) is 3.35. The number of carbonyl (C=O) groups excluding carboxylic acids is 1. The van der Waals surface area contributed by atoms with Crippen LogP contribution in [0.25, 0.3) is 0 Å². The molecule has 6 nitrogen and oxygen atoms in total. The first-order valence-electron chi connectivity index (χ1n) is 9.21. The molecule has 2 rings (SSSR count). The number of rotatable bonds is 7. The van der Waals surface area contributed by atoms with Crippen LogP contribution in [0.1, 0.15) is 53.5 Å². The molecule has 0 radical (unpaired) electrons. The van der Waals surface area contributed by atoms with E-state index in [0.717, 1.165) is 34.6 Å². The van der Waals surface area contributed by atoms with Crippen LogP contribution in [-0.2, 0) is 22.6 Å². The molecule has 0 bridgehead atoms. The van der Waals surface area contributed by atoms with E-state index in [1.807, 2.05) is 38.4 Å². The molecule has 0 aliphatic rings. The van der Waals surface area contributed by atoms with E-state index in [9.17, 15) is 14.7 Å². The highest BCUT2D eigenvalue weighted by Crippen LogP contribution is 2.19. The predicted octanol–water partition coefficient (Wildman–Crippen LogP) is 3.26. The fraction of sp³-hybridized carbons (Fsp3) is 0.476. The lowest BCUT2D eigenvalue weighted by Gasteiger charge is -2.16. The summed E-state index contributed by atoms with van der Waals surface area (Å²) in [6.07, 6.45) is 0.115. The first-order chi connectivity index (χ1) is 12.6. The summed E-state index contributed by atoms with van der Waals surface area (Å²) in [6.45, 7) is 12.7. The molecular weight excluding hydrogens is 342 g/mol. The summed E-state index contributed by atoms with van der Waals surface area (Å²) in [7, 11) is 0. The maximum atomic E-state index is 12.6. The zero-order valence-electron chi connectivity index (χ0n) is 17.0. The number of nitrogens with zero attached hydrogens (tertiary/aromatic N) is 2. The van der Waals surface area contributed by atoms with Crippen LogP contribution < -0.4 is 5.32 Å². The number of hydrogen-bond donors (Lipinski definition) is 2. The van der Waals surface area contributed by atoms with Crippen molar-refractivity contribution >= 4 is 11.9 Å². The molecule has 1 amide bonds. The van der Waals surface area contributed by atoms with E-state index in [4.69, 9.17) is 0 Å². The predicted molar refractivity (Wildman–Crippen MR) is 105 cm³/mol. The lowest BCUT2D eigenvalue weighted by molar-refractivity contribution is -0.141. The zero-order chi connectivity index (χ0) is 20.3. The van der Waals surface area contributed by atoms with Crippen LogP contribution in [-0.4, -0.2) is 26.8 Å². The third kappa shape index (κ3) is 5.18. The Bertz CT molecular complexity index is 832. The summed E-state index contributed by atoms with van der Waals surface area (Å²) >= 11 is 0. The third-order valence-electron chi connectivity index (χ3n) is 4.54. The molecule has 27 heavy (non-hydrogen) atoms. The van der Waals surface area contributed by atoms with E-state index < -0.39 is 12.0 Å². The second kappa shape index (κ2) is 8.37. The quantitative estimate of drug-likeness (QED) is 0.782. The van der Waals surface area contributed by atoms with Gasteiger partial charge in [-0.1, -0.05) is 43.2 Å². The molecule has 2 aromatic rings. The van der Waals surface area contributed by atoms with Crippen molar-refractivity contribution in [3.63, 3.8) is 0 Å². The molecule has 0 aliphatic heterocycles. The minimum Gasteiger partial charge on any atom is -0.479 e. The number of aliphatic carboxylic acids is 1. The van der Waals surface area contributed by atoms with Crippen LogP contribution in [0.5, 0.6) is 0 Å². The highest BCUT2D eigenvalue weighted by Gasteiger charge is 2.24. The van der Waals surface area contributed by atoms with Gasteiger partial charge in [-0.25, -0.2) is 4.79 Å². The van der Waals surface area contributed by atoms with Crippen LogP contribution in [0, 0.1) is 33.6 Å². The van der Waals surface area contributed by atoms with Gasteiger partial charge in [0, 0.05) is 17.8 Å². The number of aromatic nitrogens is 2. The Morgan fingerprint density at radius 1 is 1.11 bits per heavy atom. The highest BCUT2D eigenvalue weighted by molar-refractivity contribution is 5.86. The van der Waals surface area contributed by atoms with E-state index in [1.54, 1.807) is 12.1 Å². The van der Waals surface area contributed by atoms with Gasteiger partial charge in [0.2, 0.25) is 5.91 Å². The smallest absolute Gasteiger partial charge is 0.330 e. The van der Waals surface area contributed by atoms with Crippen molar-refractivity contribution in [1.29, 1.82) is 0 Å². The largest absolute Gasteiger partial charge is 0.479 e. The molecular formula is C21H29N3O3. The minimum absolute atomic E-state index is 0.115. The summed E-state index contributed by atoms with van der Waals surface area (Å²) in [5.41, 5.74) is 5.13. The van der Waals surface area contributed by atoms with Gasteiger partial charge in [-0.05, 0) is 39.2 Å². The summed E-state index contributed by atoms with van der Waals surface area (Å²) in [6, 6.07) is 4.49. The topological polar surface area (TPSA) is 84.2 Å². The van der Waals surface area contributed by atoms with Crippen LogP contribution in [0.3, 0.4) is 0 Å². The van der Waals surface area contributed by atoms with Crippen LogP contribution >= 0.6 is 0 Å². The van der Waals surface area contributed by atoms with Crippen molar-refractivity contribution < 1.29 is 14.7 Å². The Hall–Kier alpha value is -2.63. The van der Waals surface area contributed by atoms with Crippen molar-refractivity contribution in [3.8, 4) is 0 Å². The molecule has 0 aliphatic carbocycles. The van der Waals surface area contributed by atoms with E-state index in [1.165, 1.54) is 0 Å². The SMILES string of the molecule is Cc1cc(C)cc(C(NC(=O)Cc2c(C)nn(CC(C)C)c2C)C(=O)O)c1. The number of benzene rings is 1. The molecule has 1 atom stereocenters. The maximum Gasteiger partial charge on any atom is 0.330 e. The van der Waals surface area contributed by atoms with Gasteiger partial charge < -0.3 is 10.4 Å². The Morgan fingerprint density at radius 3 is 2.22 bits per heavy atom. The molecule has 1 aromatic carbocycles. The van der Waals surface area contributed by atoms with Crippen molar-refractivity contribution in [2.45, 2.75) is 60.5 Å². The average Bonchev–Trinajstić information content (AvgIpc) is 2.78. The molecule has 1 heterocycles. The summed E-state index contributed by atoms with van der Waals surface area (Å²) in [5.74, 6) is -0.945. The monoisotopic (exact) mass is 371 g/mol. The van der Waals surface area contributed by atoms with Crippen LogP contribution in [0.15, 0.2) is 18.2 Å². The van der Waals surface area contributed by atoms with E-state index in [2.05, 4.69) is 24.3 Å². The van der Waals surface area contributed by atoms with Crippen LogP contribution in [0.2, 0.25) is 0 Å². The van der Waals surface area contributed by atoms with Crippen molar-refractivity contribution in [1.82, 2.24) is 15.1 Å². The molecule has 1 aromatic heterocycles. The Labute approximate surface area is 160 Å². The van der Waals surface area contributed by atoms with E-state index in [-0.39, 0.29) is 12.3 Å². The molecule has 0 spiro atoms. The molecule has 1 unspecified atom stereocenters. The maximum absolute atomic E-state index is 12.6. The van der Waals surface area contributed by atoms with Gasteiger partial charge >= 0.3 is 5.97 Å². The van der Waals surface area contributed by atoms with Gasteiger partial charge in [0.25, 0.3) is 0 Å². The number of carbonyl (C=O) groups is 2. The minimum atomic E-state index is -1.07. The Morgan fingerprint density at radius 2 is 1.70 bits per heavy atom. The van der Waals surface area contributed by atoms with Gasteiger partial charge in [-0.15, -0.1) is 0 Å². The molecule has 2 N–H and O–H groups in total. The first kappa shape index (κ1) is 20.7. The summed E-state index contributed by atoms with van der Waals surface area (Å²) < 4.78 is 1.92. The molecule has 146 valence electrons. The molecule has 0 saturated carbocycles. The number of amides is 1. The highest BCUT2D eigenvalue weighted by atomic mass is 16.4. The molecule has 6 heteroatoms.